The molecule has 1 rings (SSSR count). The molecule has 128 valence electrons. The fraction of sp³-hybridized carbons (Fsp3) is 0.375. The van der Waals surface area contributed by atoms with Gasteiger partial charge in [0.15, 0.2) is 5.71 Å². The van der Waals surface area contributed by atoms with E-state index in [1.165, 1.54) is 0 Å². The molecule has 0 radical (unpaired) electrons. The van der Waals surface area contributed by atoms with Crippen molar-refractivity contribution in [3.05, 3.63) is 34.9 Å². The smallest absolute Gasteiger partial charge is 0.446 e. The van der Waals surface area contributed by atoms with Gasteiger partial charge in [-0.25, -0.2) is 4.79 Å². The first-order chi connectivity index (χ1) is 11.3. The molecule has 0 unspecified atom stereocenters. The van der Waals surface area contributed by atoms with Crippen LogP contribution in [0.1, 0.15) is 33.3 Å². The number of ether oxygens (including phenoxy) is 3. The normalized spacial score (nSPS) is 12.1. The molecule has 0 heterocycles. The molecule has 0 bridgehead atoms. The topological polar surface area (TPSA) is 93.3 Å². The molecule has 1 aromatic carbocycles. The van der Waals surface area contributed by atoms with Crippen molar-refractivity contribution in [3.63, 3.8) is 0 Å². The van der Waals surface area contributed by atoms with Crippen molar-refractivity contribution in [1.82, 2.24) is 0 Å². The molecule has 24 heavy (non-hydrogen) atoms. The third-order valence-corrected chi connectivity index (χ3v) is 2.55. The number of nitrogens with zero attached hydrogens (tertiary/aromatic N) is 3. The second kappa shape index (κ2) is 9.53. The average Bonchev–Trinajstić information content (AvgIpc) is 2.47. The van der Waals surface area contributed by atoms with E-state index in [2.05, 4.69) is 10.2 Å². The van der Waals surface area contributed by atoms with Crippen LogP contribution in [-0.2, 0) is 14.2 Å². The zero-order valence-corrected chi connectivity index (χ0v) is 14.6. The van der Waals surface area contributed by atoms with Crippen LogP contribution < -0.4 is 0 Å². The molecule has 0 aromatic heterocycles. The second-order valence-corrected chi connectivity index (χ2v) is 5.55. The monoisotopic (exact) mass is 351 g/mol. The highest BCUT2D eigenvalue weighted by molar-refractivity contribution is 6.30. The van der Waals surface area contributed by atoms with Gasteiger partial charge in [0.1, 0.15) is 6.07 Å². The highest BCUT2D eigenvalue weighted by atomic mass is 35.5. The molecule has 0 atom stereocenters. The van der Waals surface area contributed by atoms with Crippen LogP contribution >= 0.6 is 11.6 Å². The van der Waals surface area contributed by atoms with Crippen molar-refractivity contribution in [2.24, 2.45) is 10.2 Å². The van der Waals surface area contributed by atoms with Gasteiger partial charge in [-0.1, -0.05) is 28.8 Å². The SMILES string of the molecule is CC(C)OC(=O)O/C(=N\N=C(/C#N)c1ccc(Cl)cc1)OC(C)C. The Morgan fingerprint density at radius 3 is 2.17 bits per heavy atom. The molecule has 0 aliphatic heterocycles. The molecule has 0 aliphatic rings. The summed E-state index contributed by atoms with van der Waals surface area (Å²) in [6.07, 6.45) is -2.04. The lowest BCUT2D eigenvalue weighted by Gasteiger charge is -2.12. The van der Waals surface area contributed by atoms with E-state index < -0.39 is 12.2 Å². The third-order valence-electron chi connectivity index (χ3n) is 2.29. The van der Waals surface area contributed by atoms with Crippen LogP contribution in [-0.4, -0.2) is 30.2 Å². The van der Waals surface area contributed by atoms with E-state index in [1.54, 1.807) is 52.0 Å². The van der Waals surface area contributed by atoms with Gasteiger partial charge in [-0.15, -0.1) is 5.10 Å². The van der Waals surface area contributed by atoms with Crippen molar-refractivity contribution in [3.8, 4) is 6.07 Å². The minimum atomic E-state index is -0.968. The Morgan fingerprint density at radius 2 is 1.67 bits per heavy atom. The molecule has 0 aliphatic carbocycles. The first kappa shape index (κ1) is 19.5. The van der Waals surface area contributed by atoms with Gasteiger partial charge in [-0.05, 0) is 39.8 Å². The molecule has 0 fully saturated rings. The predicted octanol–water partition coefficient (Wildman–Crippen LogP) is 3.91. The summed E-state index contributed by atoms with van der Waals surface area (Å²) in [5.74, 6) is 0. The van der Waals surface area contributed by atoms with Crippen molar-refractivity contribution in [2.45, 2.75) is 39.9 Å². The quantitative estimate of drug-likeness (QED) is 0.355. The van der Waals surface area contributed by atoms with E-state index in [0.29, 0.717) is 10.6 Å². The molecule has 0 amide bonds. The lowest BCUT2D eigenvalue weighted by atomic mass is 10.1. The summed E-state index contributed by atoms with van der Waals surface area (Å²) < 4.78 is 14.9. The van der Waals surface area contributed by atoms with Gasteiger partial charge in [0.25, 0.3) is 0 Å². The van der Waals surface area contributed by atoms with Gasteiger partial charge in [-0.2, -0.15) is 5.26 Å². The first-order valence-electron chi connectivity index (χ1n) is 7.18. The zero-order chi connectivity index (χ0) is 18.1. The molecule has 0 spiro atoms. The Kier molecular flexibility index (Phi) is 7.72. The van der Waals surface area contributed by atoms with E-state index in [4.69, 9.17) is 25.8 Å². The Balaban J connectivity index is 3.00. The lowest BCUT2D eigenvalue weighted by Crippen LogP contribution is -2.21. The fourth-order valence-electron chi connectivity index (χ4n) is 1.40. The molecule has 8 heteroatoms. The minimum Gasteiger partial charge on any atom is -0.446 e. The maximum Gasteiger partial charge on any atom is 0.517 e. The summed E-state index contributed by atoms with van der Waals surface area (Å²) in [5, 5.41) is 17.2. The number of benzene rings is 1. The number of hydrogen-bond donors (Lipinski definition) is 0. The summed E-state index contributed by atoms with van der Waals surface area (Å²) in [7, 11) is 0. The summed E-state index contributed by atoms with van der Waals surface area (Å²) in [5.41, 5.74) is 0.525. The van der Waals surface area contributed by atoms with Crippen molar-refractivity contribution in [1.29, 1.82) is 5.26 Å². The Morgan fingerprint density at radius 1 is 1.08 bits per heavy atom. The standard InChI is InChI=1S/C16H18ClN3O4/c1-10(2)22-15(24-16(21)23-11(3)4)20-19-14(9-18)12-5-7-13(17)8-6-12/h5-8,10-11H,1-4H3/b19-14+,20-15-. The summed E-state index contributed by atoms with van der Waals surface area (Å²) >= 11 is 5.80. The van der Waals surface area contributed by atoms with E-state index in [1.807, 2.05) is 6.07 Å². The van der Waals surface area contributed by atoms with Gasteiger partial charge >= 0.3 is 12.2 Å². The van der Waals surface area contributed by atoms with Crippen molar-refractivity contribution >= 4 is 29.6 Å². The molecule has 7 nitrogen and oxygen atoms in total. The summed E-state index contributed by atoms with van der Waals surface area (Å²) in [4.78, 5) is 11.5. The van der Waals surface area contributed by atoms with Gasteiger partial charge in [0.05, 0.1) is 12.2 Å². The average molecular weight is 352 g/mol. The van der Waals surface area contributed by atoms with Crippen LogP contribution in [0, 0.1) is 11.3 Å². The number of hydrogen-bond acceptors (Lipinski definition) is 7. The van der Waals surface area contributed by atoms with Gasteiger partial charge in [0.2, 0.25) is 0 Å². The van der Waals surface area contributed by atoms with Crippen molar-refractivity contribution in [2.75, 3.05) is 0 Å². The maximum atomic E-state index is 11.5. The first-order valence-corrected chi connectivity index (χ1v) is 7.56. The van der Waals surface area contributed by atoms with E-state index in [9.17, 15) is 10.1 Å². The van der Waals surface area contributed by atoms with E-state index in [-0.39, 0.29) is 17.9 Å². The number of carbonyl (C=O) groups excluding carboxylic acids is 1. The Labute approximate surface area is 145 Å². The molecule has 1 aromatic rings. The summed E-state index contributed by atoms with van der Waals surface area (Å²) in [6, 6.07) is 8.39. The minimum absolute atomic E-state index is 0.0114. The highest BCUT2D eigenvalue weighted by Crippen LogP contribution is 2.10. The summed E-state index contributed by atoms with van der Waals surface area (Å²) in [6.45, 7) is 6.79. The van der Waals surface area contributed by atoms with Gasteiger partial charge in [0, 0.05) is 10.6 Å². The van der Waals surface area contributed by atoms with Gasteiger partial charge in [-0.3, -0.25) is 0 Å². The van der Waals surface area contributed by atoms with E-state index >= 15 is 0 Å². The van der Waals surface area contributed by atoms with E-state index in [0.717, 1.165) is 0 Å². The predicted molar refractivity (Wildman–Crippen MR) is 90.0 cm³/mol. The zero-order valence-electron chi connectivity index (χ0n) is 13.8. The largest absolute Gasteiger partial charge is 0.517 e. The molecular formula is C16H18ClN3O4. The number of nitriles is 1. The Hall–Kier alpha value is -2.59. The fourth-order valence-corrected chi connectivity index (χ4v) is 1.53. The van der Waals surface area contributed by atoms with Crippen LogP contribution in [0.15, 0.2) is 34.5 Å². The highest BCUT2D eigenvalue weighted by Gasteiger charge is 2.15. The van der Waals surface area contributed by atoms with Crippen LogP contribution in [0.25, 0.3) is 0 Å². The second-order valence-electron chi connectivity index (χ2n) is 5.12. The van der Waals surface area contributed by atoms with Crippen LogP contribution in [0.2, 0.25) is 5.02 Å². The van der Waals surface area contributed by atoms with Crippen LogP contribution in [0.3, 0.4) is 0 Å². The molecule has 0 saturated heterocycles. The van der Waals surface area contributed by atoms with Crippen molar-refractivity contribution < 1.29 is 19.0 Å². The molecule has 0 N–H and O–H groups in total. The Bertz CT molecular complexity index is 661. The number of halogens is 1. The third kappa shape index (κ3) is 7.11. The van der Waals surface area contributed by atoms with Crippen LogP contribution in [0.4, 0.5) is 4.79 Å². The number of carbonyl (C=O) groups is 1. The molecule has 0 saturated carbocycles. The maximum absolute atomic E-state index is 11.5. The number of rotatable bonds is 4. The van der Waals surface area contributed by atoms with Gasteiger partial charge < -0.3 is 14.2 Å². The molecular weight excluding hydrogens is 334 g/mol. The van der Waals surface area contributed by atoms with Crippen LogP contribution in [0.5, 0.6) is 0 Å². The lowest BCUT2D eigenvalue weighted by molar-refractivity contribution is 0.0502.